The Hall–Kier alpha value is -1.68. The van der Waals surface area contributed by atoms with Gasteiger partial charge in [-0.15, -0.1) is 10.2 Å². The summed E-state index contributed by atoms with van der Waals surface area (Å²) < 4.78 is 5.68. The molecule has 1 N–H and O–H groups in total. The maximum Gasteiger partial charge on any atom is 0.220 e. The number of nitrogens with one attached hydrogen (secondary N) is 1. The second kappa shape index (κ2) is 7.20. The average Bonchev–Trinajstić information content (AvgIpc) is 2.87. The molecule has 1 aromatic heterocycles. The number of aryl methyl sites for hydroxylation is 2. The summed E-state index contributed by atoms with van der Waals surface area (Å²) in [7, 11) is 0. The molecule has 20 heavy (non-hydrogen) atoms. The van der Waals surface area contributed by atoms with Gasteiger partial charge in [0.25, 0.3) is 0 Å². The summed E-state index contributed by atoms with van der Waals surface area (Å²) in [6.07, 6.45) is 2.64. The van der Waals surface area contributed by atoms with Crippen LogP contribution in [-0.4, -0.2) is 23.3 Å². The zero-order valence-electron chi connectivity index (χ0n) is 12.6. The van der Waals surface area contributed by atoms with Gasteiger partial charge in [-0.05, 0) is 43.5 Å². The topological polar surface area (TPSA) is 51.0 Å². The Morgan fingerprint density at radius 2 is 1.85 bits per heavy atom. The quantitative estimate of drug-likeness (QED) is 0.788. The van der Waals surface area contributed by atoms with E-state index in [0.29, 0.717) is 18.2 Å². The first kappa shape index (κ1) is 14.7. The van der Waals surface area contributed by atoms with E-state index in [1.807, 2.05) is 0 Å². The molecule has 0 atom stereocenters. The van der Waals surface area contributed by atoms with Crippen LogP contribution in [0.25, 0.3) is 0 Å². The maximum absolute atomic E-state index is 5.68. The smallest absolute Gasteiger partial charge is 0.220 e. The fourth-order valence-corrected chi connectivity index (χ4v) is 2.05. The van der Waals surface area contributed by atoms with Crippen LogP contribution in [0.1, 0.15) is 41.8 Å². The minimum Gasteiger partial charge on any atom is -0.425 e. The number of rotatable bonds is 7. The van der Waals surface area contributed by atoms with Gasteiger partial charge in [0.2, 0.25) is 11.8 Å². The highest BCUT2D eigenvalue weighted by Gasteiger charge is 2.07. The molecule has 0 unspecified atom stereocenters. The Morgan fingerprint density at radius 3 is 2.60 bits per heavy atom. The summed E-state index contributed by atoms with van der Waals surface area (Å²) in [6, 6.07) is 6.44. The molecule has 4 nitrogen and oxygen atoms in total. The first-order chi connectivity index (χ1) is 9.69. The van der Waals surface area contributed by atoms with Crippen molar-refractivity contribution < 1.29 is 4.42 Å². The lowest BCUT2D eigenvalue weighted by Crippen LogP contribution is -2.17. The maximum atomic E-state index is 5.68. The normalized spacial score (nSPS) is 10.9. The van der Waals surface area contributed by atoms with Gasteiger partial charge < -0.3 is 9.73 Å². The molecule has 108 valence electrons. The molecule has 0 aliphatic carbocycles. The first-order valence-electron chi connectivity index (χ1n) is 7.27. The second-order valence-electron chi connectivity index (χ2n) is 5.18. The summed E-state index contributed by atoms with van der Waals surface area (Å²) in [5, 5.41) is 11.5. The van der Waals surface area contributed by atoms with Crippen LogP contribution >= 0.6 is 0 Å². The van der Waals surface area contributed by atoms with E-state index in [2.05, 4.69) is 54.5 Å². The molecule has 0 amide bonds. The highest BCUT2D eigenvalue weighted by molar-refractivity contribution is 5.31. The van der Waals surface area contributed by atoms with Gasteiger partial charge in [-0.1, -0.05) is 25.1 Å². The van der Waals surface area contributed by atoms with Gasteiger partial charge in [0.1, 0.15) is 0 Å². The van der Waals surface area contributed by atoms with Gasteiger partial charge in [0.15, 0.2) is 0 Å². The van der Waals surface area contributed by atoms with Crippen molar-refractivity contribution in [1.82, 2.24) is 15.5 Å². The standard InChI is InChI=1S/C16H23N3O/c1-4-8-17-9-7-15-18-19-16(20-15)11-14-6-5-12(2)13(3)10-14/h5-6,10,17H,4,7-9,11H2,1-3H3. The molecule has 0 bridgehead atoms. The Kier molecular flexibility index (Phi) is 5.30. The molecule has 0 radical (unpaired) electrons. The largest absolute Gasteiger partial charge is 0.425 e. The van der Waals surface area contributed by atoms with Crippen molar-refractivity contribution in [3.8, 4) is 0 Å². The van der Waals surface area contributed by atoms with Crippen LogP contribution in [0.3, 0.4) is 0 Å². The van der Waals surface area contributed by atoms with Crippen LogP contribution in [-0.2, 0) is 12.8 Å². The third-order valence-corrected chi connectivity index (χ3v) is 3.38. The predicted molar refractivity (Wildman–Crippen MR) is 79.9 cm³/mol. The number of hydrogen-bond donors (Lipinski definition) is 1. The minimum atomic E-state index is 0.693. The number of hydrogen-bond acceptors (Lipinski definition) is 4. The van der Waals surface area contributed by atoms with Gasteiger partial charge in [-0.25, -0.2) is 0 Å². The molecular formula is C16H23N3O. The van der Waals surface area contributed by atoms with Crippen molar-refractivity contribution >= 4 is 0 Å². The van der Waals surface area contributed by atoms with Gasteiger partial charge in [-0.2, -0.15) is 0 Å². The third-order valence-electron chi connectivity index (χ3n) is 3.38. The Bertz CT molecular complexity index is 548. The van der Waals surface area contributed by atoms with Crippen molar-refractivity contribution in [3.05, 3.63) is 46.7 Å². The SMILES string of the molecule is CCCNCCc1nnc(Cc2ccc(C)c(C)c2)o1. The summed E-state index contributed by atoms with van der Waals surface area (Å²) in [4.78, 5) is 0. The molecule has 0 spiro atoms. The van der Waals surface area contributed by atoms with Crippen molar-refractivity contribution in [2.45, 2.75) is 40.0 Å². The van der Waals surface area contributed by atoms with Crippen molar-refractivity contribution in [1.29, 1.82) is 0 Å². The van der Waals surface area contributed by atoms with E-state index in [1.165, 1.54) is 16.7 Å². The van der Waals surface area contributed by atoms with E-state index in [1.54, 1.807) is 0 Å². The Morgan fingerprint density at radius 1 is 1.05 bits per heavy atom. The minimum absolute atomic E-state index is 0.693. The van der Waals surface area contributed by atoms with Gasteiger partial charge in [0.05, 0.1) is 6.42 Å². The molecule has 2 aromatic rings. The monoisotopic (exact) mass is 273 g/mol. The lowest BCUT2D eigenvalue weighted by molar-refractivity contribution is 0.451. The van der Waals surface area contributed by atoms with Crippen molar-refractivity contribution in [3.63, 3.8) is 0 Å². The van der Waals surface area contributed by atoms with E-state index in [-0.39, 0.29) is 0 Å². The zero-order chi connectivity index (χ0) is 14.4. The van der Waals surface area contributed by atoms with E-state index >= 15 is 0 Å². The van der Waals surface area contributed by atoms with E-state index in [0.717, 1.165) is 25.9 Å². The van der Waals surface area contributed by atoms with Crippen LogP contribution in [0, 0.1) is 13.8 Å². The molecule has 2 rings (SSSR count). The Balaban J connectivity index is 1.90. The van der Waals surface area contributed by atoms with Crippen molar-refractivity contribution in [2.24, 2.45) is 0 Å². The van der Waals surface area contributed by atoms with Crippen LogP contribution < -0.4 is 5.32 Å². The molecule has 0 aliphatic rings. The zero-order valence-corrected chi connectivity index (χ0v) is 12.6. The summed E-state index contributed by atoms with van der Waals surface area (Å²) in [6.45, 7) is 8.31. The van der Waals surface area contributed by atoms with Gasteiger partial charge >= 0.3 is 0 Å². The molecule has 0 saturated carbocycles. The fourth-order valence-electron chi connectivity index (χ4n) is 2.05. The average molecular weight is 273 g/mol. The summed E-state index contributed by atoms with van der Waals surface area (Å²) >= 11 is 0. The lowest BCUT2D eigenvalue weighted by Gasteiger charge is -2.02. The van der Waals surface area contributed by atoms with Crippen molar-refractivity contribution in [2.75, 3.05) is 13.1 Å². The Labute approximate surface area is 120 Å². The molecule has 4 heteroatoms. The van der Waals surface area contributed by atoms with E-state index < -0.39 is 0 Å². The number of benzene rings is 1. The molecular weight excluding hydrogens is 250 g/mol. The lowest BCUT2D eigenvalue weighted by atomic mass is 10.0. The summed E-state index contributed by atoms with van der Waals surface area (Å²) in [5.74, 6) is 1.41. The molecule has 1 heterocycles. The first-order valence-corrected chi connectivity index (χ1v) is 7.27. The molecule has 1 aromatic carbocycles. The number of nitrogens with zero attached hydrogens (tertiary/aromatic N) is 2. The number of aromatic nitrogens is 2. The highest BCUT2D eigenvalue weighted by atomic mass is 16.4. The van der Waals surface area contributed by atoms with Crippen LogP contribution in [0.5, 0.6) is 0 Å². The van der Waals surface area contributed by atoms with Crippen LogP contribution in [0.4, 0.5) is 0 Å². The second-order valence-corrected chi connectivity index (χ2v) is 5.18. The molecule has 0 aliphatic heterocycles. The highest BCUT2D eigenvalue weighted by Crippen LogP contribution is 2.13. The van der Waals surface area contributed by atoms with E-state index in [4.69, 9.17) is 4.42 Å². The van der Waals surface area contributed by atoms with Gasteiger partial charge in [-0.3, -0.25) is 0 Å². The third kappa shape index (κ3) is 4.17. The van der Waals surface area contributed by atoms with Crippen LogP contribution in [0.2, 0.25) is 0 Å². The predicted octanol–water partition coefficient (Wildman–Crippen LogP) is 2.82. The van der Waals surface area contributed by atoms with Gasteiger partial charge in [0, 0.05) is 13.0 Å². The van der Waals surface area contributed by atoms with Crippen LogP contribution in [0.15, 0.2) is 22.6 Å². The fraction of sp³-hybridized carbons (Fsp3) is 0.500. The molecule has 0 fully saturated rings. The van der Waals surface area contributed by atoms with E-state index in [9.17, 15) is 0 Å². The summed E-state index contributed by atoms with van der Waals surface area (Å²) in [5.41, 5.74) is 3.82. The molecule has 0 saturated heterocycles.